The van der Waals surface area contributed by atoms with Crippen LogP contribution in [0.2, 0.25) is 0 Å². The van der Waals surface area contributed by atoms with E-state index in [1.807, 2.05) is 12.1 Å². The lowest BCUT2D eigenvalue weighted by Crippen LogP contribution is -2.39. The molecule has 4 aliphatic rings. The molecule has 1 aliphatic heterocycles. The van der Waals surface area contributed by atoms with Crippen molar-refractivity contribution < 1.29 is 29.1 Å². The van der Waals surface area contributed by atoms with Gasteiger partial charge in [-0.2, -0.15) is 0 Å². The van der Waals surface area contributed by atoms with E-state index in [1.165, 1.54) is 11.0 Å². The lowest BCUT2D eigenvalue weighted by atomic mass is 9.59. The maximum absolute atomic E-state index is 14.2. The lowest BCUT2D eigenvalue weighted by molar-refractivity contribution is -0.123. The summed E-state index contributed by atoms with van der Waals surface area (Å²) in [6, 6.07) is 20.6. The average Bonchev–Trinajstić information content (AvgIpc) is 3.33. The standard InChI is InChI=1S/C38H28BrNO6/c1-2-7-20-10-6-11-25(35(20)43)31-24-16-17-26-32(27(24)18-28-33(31)30(41)19-29(39)36(28)44)38(46)40(37(26)45)23-14-12-22(13-15-23)34(42)21-8-4-3-5-9-21/h2-6,8-16,19,26-27,31-32,43H,1,7,17-18H2/t26-,27+,31+,32-/m0/s1. The highest BCUT2D eigenvalue weighted by Crippen LogP contribution is 2.56. The molecule has 0 spiro atoms. The molecular weight excluding hydrogens is 646 g/mol. The van der Waals surface area contributed by atoms with Crippen LogP contribution in [0, 0.1) is 17.8 Å². The molecule has 228 valence electrons. The van der Waals surface area contributed by atoms with Gasteiger partial charge < -0.3 is 5.11 Å². The van der Waals surface area contributed by atoms with Gasteiger partial charge in [0.1, 0.15) is 5.75 Å². The highest BCUT2D eigenvalue weighted by atomic mass is 79.9. The maximum Gasteiger partial charge on any atom is 0.238 e. The van der Waals surface area contributed by atoms with Crippen LogP contribution in [0.1, 0.15) is 45.8 Å². The molecular formula is C38H28BrNO6. The Hall–Kier alpha value is -4.95. The smallest absolute Gasteiger partial charge is 0.238 e. The monoisotopic (exact) mass is 673 g/mol. The number of carbonyl (C=O) groups is 5. The molecule has 1 saturated heterocycles. The average molecular weight is 675 g/mol. The van der Waals surface area contributed by atoms with Crippen molar-refractivity contribution in [1.82, 2.24) is 0 Å². The number of para-hydroxylation sites is 1. The van der Waals surface area contributed by atoms with Crippen LogP contribution in [0.4, 0.5) is 5.69 Å². The second-order valence-corrected chi connectivity index (χ2v) is 12.8. The van der Waals surface area contributed by atoms with Gasteiger partial charge in [-0.25, -0.2) is 0 Å². The predicted octanol–water partition coefficient (Wildman–Crippen LogP) is 6.32. The van der Waals surface area contributed by atoms with Crippen molar-refractivity contribution in [2.24, 2.45) is 17.8 Å². The molecule has 7 nitrogen and oxygen atoms in total. The van der Waals surface area contributed by atoms with E-state index < -0.39 is 23.7 Å². The first-order valence-corrected chi connectivity index (χ1v) is 15.9. The molecule has 4 atom stereocenters. The number of imide groups is 1. The number of nitrogens with zero attached hydrogens (tertiary/aromatic N) is 1. The summed E-state index contributed by atoms with van der Waals surface area (Å²) in [5.41, 5.74) is 3.79. The number of carbonyl (C=O) groups excluding carboxylic acids is 5. The van der Waals surface area contributed by atoms with Gasteiger partial charge in [-0.1, -0.05) is 66.3 Å². The summed E-state index contributed by atoms with van der Waals surface area (Å²) in [6.45, 7) is 3.78. The van der Waals surface area contributed by atoms with E-state index in [0.717, 1.165) is 5.57 Å². The van der Waals surface area contributed by atoms with Crippen molar-refractivity contribution >= 4 is 50.8 Å². The van der Waals surface area contributed by atoms with Crippen LogP contribution in [0.25, 0.3) is 0 Å². The van der Waals surface area contributed by atoms with E-state index in [2.05, 4.69) is 22.5 Å². The Balaban J connectivity index is 1.27. The molecule has 2 amide bonds. The molecule has 0 aromatic heterocycles. The number of anilines is 1. The number of Topliss-reactive ketones (excluding diaryl/α,β-unsaturated/α-hetero) is 1. The van der Waals surface area contributed by atoms with Gasteiger partial charge in [0.2, 0.25) is 11.8 Å². The molecule has 0 saturated carbocycles. The van der Waals surface area contributed by atoms with Crippen molar-refractivity contribution in [3.05, 3.63) is 141 Å². The first kappa shape index (κ1) is 29.7. The fraction of sp³-hybridized carbons (Fsp3) is 0.184. The van der Waals surface area contributed by atoms with E-state index in [-0.39, 0.29) is 52.2 Å². The normalized spacial score (nSPS) is 23.8. The third-order valence-corrected chi connectivity index (χ3v) is 10.2. The van der Waals surface area contributed by atoms with Crippen molar-refractivity contribution in [1.29, 1.82) is 0 Å². The minimum atomic E-state index is -0.763. The number of phenols is 1. The van der Waals surface area contributed by atoms with Gasteiger partial charge >= 0.3 is 0 Å². The fourth-order valence-electron chi connectivity index (χ4n) is 7.50. The van der Waals surface area contributed by atoms with Gasteiger partial charge in [0, 0.05) is 39.8 Å². The summed E-state index contributed by atoms with van der Waals surface area (Å²) in [7, 11) is 0. The molecule has 1 fully saturated rings. The molecule has 0 bridgehead atoms. The van der Waals surface area contributed by atoms with E-state index in [4.69, 9.17) is 0 Å². The van der Waals surface area contributed by atoms with Gasteiger partial charge in [-0.15, -0.1) is 6.58 Å². The molecule has 3 aromatic rings. The highest BCUT2D eigenvalue weighted by molar-refractivity contribution is 9.12. The number of ketones is 3. The first-order chi connectivity index (χ1) is 22.2. The number of hydrogen-bond donors (Lipinski definition) is 1. The third kappa shape index (κ3) is 4.58. The van der Waals surface area contributed by atoms with Crippen molar-refractivity contribution in [2.75, 3.05) is 4.90 Å². The minimum absolute atomic E-state index is 0.0115. The van der Waals surface area contributed by atoms with Crippen molar-refractivity contribution in [2.45, 2.75) is 25.2 Å². The Morgan fingerprint density at radius 2 is 1.63 bits per heavy atom. The Labute approximate surface area is 273 Å². The number of fused-ring (bicyclic) bond motifs is 3. The summed E-state index contributed by atoms with van der Waals surface area (Å²) < 4.78 is 0.139. The summed E-state index contributed by atoms with van der Waals surface area (Å²) in [5.74, 6) is -4.26. The molecule has 8 heteroatoms. The molecule has 46 heavy (non-hydrogen) atoms. The molecule has 1 heterocycles. The Morgan fingerprint density at radius 3 is 2.35 bits per heavy atom. The van der Waals surface area contributed by atoms with Crippen LogP contribution < -0.4 is 4.90 Å². The largest absolute Gasteiger partial charge is 0.507 e. The van der Waals surface area contributed by atoms with Crippen LogP contribution in [-0.2, 0) is 25.6 Å². The van der Waals surface area contributed by atoms with Crippen LogP contribution >= 0.6 is 15.9 Å². The lowest BCUT2D eigenvalue weighted by Gasteiger charge is -2.42. The van der Waals surface area contributed by atoms with E-state index in [1.54, 1.807) is 72.8 Å². The zero-order chi connectivity index (χ0) is 32.3. The summed E-state index contributed by atoms with van der Waals surface area (Å²) in [5, 5.41) is 11.4. The number of allylic oxidation sites excluding steroid dienone is 7. The second-order valence-electron chi connectivity index (χ2n) is 12.0. The molecule has 0 radical (unpaired) electrons. The van der Waals surface area contributed by atoms with Gasteiger partial charge in [0.25, 0.3) is 0 Å². The Morgan fingerprint density at radius 1 is 0.913 bits per heavy atom. The van der Waals surface area contributed by atoms with E-state index in [9.17, 15) is 29.1 Å². The van der Waals surface area contributed by atoms with Gasteiger partial charge in [-0.3, -0.25) is 28.9 Å². The number of amides is 2. The van der Waals surface area contributed by atoms with Gasteiger partial charge in [0.15, 0.2) is 17.3 Å². The summed E-state index contributed by atoms with van der Waals surface area (Å²) >= 11 is 3.24. The Kier molecular flexibility index (Phi) is 7.40. The SMILES string of the molecule is C=CCc1cccc([C@H]2C3=CC[C@@H]4C(=O)N(c5ccc(C(=O)c6ccccc6)cc5)C(=O)[C@@H]4[C@@H]3CC3=C2C(=O)C=C(Br)C3=O)c1O. The molecule has 3 aliphatic carbocycles. The van der Waals surface area contributed by atoms with Crippen LogP contribution in [0.15, 0.2) is 119 Å². The number of halogens is 1. The van der Waals surface area contributed by atoms with Crippen LogP contribution in [-0.4, -0.2) is 34.3 Å². The topological polar surface area (TPSA) is 109 Å². The zero-order valence-corrected chi connectivity index (χ0v) is 26.2. The van der Waals surface area contributed by atoms with Crippen LogP contribution in [0.3, 0.4) is 0 Å². The van der Waals surface area contributed by atoms with Gasteiger partial charge in [-0.05, 0) is 70.9 Å². The Bertz CT molecular complexity index is 1970. The third-order valence-electron chi connectivity index (χ3n) is 9.58. The molecule has 1 N–H and O–H groups in total. The van der Waals surface area contributed by atoms with E-state index >= 15 is 0 Å². The predicted molar refractivity (Wildman–Crippen MR) is 175 cm³/mol. The van der Waals surface area contributed by atoms with Crippen molar-refractivity contribution in [3.63, 3.8) is 0 Å². The minimum Gasteiger partial charge on any atom is -0.507 e. The number of rotatable bonds is 6. The summed E-state index contributed by atoms with van der Waals surface area (Å²) in [6.07, 6.45) is 5.66. The number of aromatic hydroxyl groups is 1. The van der Waals surface area contributed by atoms with Crippen LogP contribution in [0.5, 0.6) is 5.75 Å². The second kappa shape index (κ2) is 11.4. The zero-order valence-electron chi connectivity index (χ0n) is 24.6. The first-order valence-electron chi connectivity index (χ1n) is 15.1. The summed E-state index contributed by atoms with van der Waals surface area (Å²) in [4.78, 5) is 69.2. The number of phenolic OH excluding ortho intramolecular Hbond substituents is 1. The van der Waals surface area contributed by atoms with Crippen molar-refractivity contribution in [3.8, 4) is 5.75 Å². The molecule has 0 unspecified atom stereocenters. The molecule has 7 rings (SSSR count). The fourth-order valence-corrected chi connectivity index (χ4v) is 7.95. The maximum atomic E-state index is 14.2. The van der Waals surface area contributed by atoms with E-state index in [0.29, 0.717) is 45.5 Å². The van der Waals surface area contributed by atoms with Gasteiger partial charge in [0.05, 0.1) is 22.0 Å². The quantitative estimate of drug-likeness (QED) is 0.142. The molecule has 3 aromatic carbocycles. The highest BCUT2D eigenvalue weighted by Gasteiger charge is 2.57. The number of hydrogen-bond acceptors (Lipinski definition) is 6. The number of benzene rings is 3.